The molecule has 11 heteroatoms. The van der Waals surface area contributed by atoms with E-state index in [0.29, 0.717) is 30.6 Å². The molecule has 2 aliphatic heterocycles. The number of hydrogen-bond acceptors (Lipinski definition) is 7. The maximum Gasteiger partial charge on any atom is 0.331 e. The fraction of sp³-hybridized carbons (Fsp3) is 0.333. The Morgan fingerprint density at radius 1 is 1.14 bits per heavy atom. The predicted molar refractivity (Wildman–Crippen MR) is 131 cm³/mol. The van der Waals surface area contributed by atoms with E-state index in [4.69, 9.17) is 4.74 Å². The summed E-state index contributed by atoms with van der Waals surface area (Å²) in [5, 5.41) is 0. The number of nitrogens with zero attached hydrogens (tertiary/aromatic N) is 2. The standard InChI is InChI=1S/C24H26N2O7S2/c1-25(20-13-15-34(29,30)17-20)23(27)16-33-24(28)11-8-18-6-9-21(10-7-18)35(31,32)26-14-12-19-4-2-3-5-22(19)26/h2-11,20H,12-17H2,1H3/b11-8+. The summed E-state index contributed by atoms with van der Waals surface area (Å²) < 4.78 is 55.7. The van der Waals surface area contributed by atoms with Crippen LogP contribution in [0.25, 0.3) is 6.08 Å². The number of carbonyl (C=O) groups excluding carboxylic acids is 2. The fourth-order valence-electron chi connectivity index (χ4n) is 4.17. The van der Waals surface area contributed by atoms with Gasteiger partial charge in [0, 0.05) is 25.7 Å². The highest BCUT2D eigenvalue weighted by atomic mass is 32.2. The third-order valence-corrected chi connectivity index (χ3v) is 9.79. The number of likely N-dealkylation sites (N-methyl/N-ethyl adjacent to an activating group) is 1. The first-order valence-corrected chi connectivity index (χ1v) is 14.3. The summed E-state index contributed by atoms with van der Waals surface area (Å²) in [6.07, 6.45) is 3.64. The monoisotopic (exact) mass is 518 g/mol. The van der Waals surface area contributed by atoms with Crippen LogP contribution in [0.5, 0.6) is 0 Å². The second-order valence-electron chi connectivity index (χ2n) is 8.53. The van der Waals surface area contributed by atoms with Crippen molar-refractivity contribution in [3.05, 3.63) is 65.7 Å². The zero-order chi connectivity index (χ0) is 25.2. The molecule has 0 saturated carbocycles. The van der Waals surface area contributed by atoms with Crippen LogP contribution in [0.15, 0.2) is 59.5 Å². The van der Waals surface area contributed by atoms with Crippen LogP contribution in [0, 0.1) is 0 Å². The van der Waals surface area contributed by atoms with Crippen molar-refractivity contribution in [1.82, 2.24) is 4.90 Å². The van der Waals surface area contributed by atoms with Gasteiger partial charge in [-0.25, -0.2) is 21.6 Å². The number of esters is 1. The van der Waals surface area contributed by atoms with Crippen LogP contribution in [0.4, 0.5) is 5.69 Å². The molecule has 1 amide bonds. The lowest BCUT2D eigenvalue weighted by atomic mass is 10.2. The van der Waals surface area contributed by atoms with Crippen molar-refractivity contribution in [2.24, 2.45) is 0 Å². The molecule has 2 aromatic carbocycles. The van der Waals surface area contributed by atoms with Crippen molar-refractivity contribution in [3.63, 3.8) is 0 Å². The third-order valence-electron chi connectivity index (χ3n) is 6.21. The number of para-hydroxylation sites is 1. The lowest BCUT2D eigenvalue weighted by Crippen LogP contribution is -2.40. The van der Waals surface area contributed by atoms with E-state index in [1.54, 1.807) is 18.2 Å². The van der Waals surface area contributed by atoms with Gasteiger partial charge in [-0.05, 0) is 48.2 Å². The smallest absolute Gasteiger partial charge is 0.331 e. The van der Waals surface area contributed by atoms with E-state index in [2.05, 4.69) is 0 Å². The largest absolute Gasteiger partial charge is 0.452 e. The summed E-state index contributed by atoms with van der Waals surface area (Å²) in [6, 6.07) is 13.1. The van der Waals surface area contributed by atoms with E-state index in [-0.39, 0.29) is 16.4 Å². The molecule has 0 N–H and O–H groups in total. The van der Waals surface area contributed by atoms with E-state index in [1.807, 2.05) is 18.2 Å². The van der Waals surface area contributed by atoms with Crippen molar-refractivity contribution in [3.8, 4) is 0 Å². The molecule has 1 unspecified atom stereocenters. The van der Waals surface area contributed by atoms with Crippen molar-refractivity contribution in [2.45, 2.75) is 23.8 Å². The first-order valence-electron chi connectivity index (χ1n) is 11.1. The molecule has 9 nitrogen and oxygen atoms in total. The Morgan fingerprint density at radius 2 is 1.86 bits per heavy atom. The van der Waals surface area contributed by atoms with Crippen molar-refractivity contribution < 1.29 is 31.2 Å². The SMILES string of the molecule is CN(C(=O)COC(=O)/C=C/c1ccc(S(=O)(=O)N2CCc3ccccc32)cc1)C1CCS(=O)(=O)C1. The minimum atomic E-state index is -3.70. The van der Waals surface area contributed by atoms with E-state index in [1.165, 1.54) is 34.5 Å². The topological polar surface area (TPSA) is 118 Å². The number of benzene rings is 2. The average Bonchev–Trinajstić information content (AvgIpc) is 3.44. The molecular weight excluding hydrogens is 492 g/mol. The summed E-state index contributed by atoms with van der Waals surface area (Å²) in [4.78, 5) is 25.7. The van der Waals surface area contributed by atoms with E-state index < -0.39 is 44.4 Å². The molecule has 0 aliphatic carbocycles. The van der Waals surface area contributed by atoms with Gasteiger partial charge in [-0.2, -0.15) is 0 Å². The van der Waals surface area contributed by atoms with Gasteiger partial charge in [0.05, 0.1) is 22.1 Å². The lowest BCUT2D eigenvalue weighted by Gasteiger charge is -2.22. The number of sulfonamides is 1. The van der Waals surface area contributed by atoms with Crippen LogP contribution in [-0.2, 0) is 40.6 Å². The Morgan fingerprint density at radius 3 is 2.54 bits per heavy atom. The number of rotatable bonds is 7. The Bertz CT molecular complexity index is 1370. The normalized spacial score (nSPS) is 19.0. The number of anilines is 1. The zero-order valence-corrected chi connectivity index (χ0v) is 20.8. The maximum atomic E-state index is 13.1. The minimum Gasteiger partial charge on any atom is -0.452 e. The highest BCUT2D eigenvalue weighted by molar-refractivity contribution is 7.93. The third kappa shape index (κ3) is 5.57. The van der Waals surface area contributed by atoms with E-state index in [0.717, 1.165) is 11.6 Å². The van der Waals surface area contributed by atoms with Gasteiger partial charge in [0.25, 0.3) is 15.9 Å². The molecule has 0 bridgehead atoms. The molecular formula is C24H26N2O7S2. The zero-order valence-electron chi connectivity index (χ0n) is 19.2. The molecule has 35 heavy (non-hydrogen) atoms. The highest BCUT2D eigenvalue weighted by Gasteiger charge is 2.33. The number of ether oxygens (including phenoxy) is 1. The first-order chi connectivity index (χ1) is 16.6. The van der Waals surface area contributed by atoms with E-state index >= 15 is 0 Å². The summed E-state index contributed by atoms with van der Waals surface area (Å²) in [5.41, 5.74) is 2.27. The van der Waals surface area contributed by atoms with Crippen LogP contribution < -0.4 is 4.31 Å². The highest BCUT2D eigenvalue weighted by Crippen LogP contribution is 2.32. The summed E-state index contributed by atoms with van der Waals surface area (Å²) in [7, 11) is -5.34. The lowest BCUT2D eigenvalue weighted by molar-refractivity contribution is -0.148. The Labute approximate surface area is 205 Å². The van der Waals surface area contributed by atoms with E-state index in [9.17, 15) is 26.4 Å². The van der Waals surface area contributed by atoms with Gasteiger partial charge in [-0.15, -0.1) is 0 Å². The Kier molecular flexibility index (Phi) is 7.00. The van der Waals surface area contributed by atoms with Gasteiger partial charge in [0.2, 0.25) is 0 Å². The van der Waals surface area contributed by atoms with Gasteiger partial charge in [0.1, 0.15) is 0 Å². The fourth-order valence-corrected chi connectivity index (χ4v) is 7.44. The number of amides is 1. The molecule has 0 radical (unpaired) electrons. The number of carbonyl (C=O) groups is 2. The second-order valence-corrected chi connectivity index (χ2v) is 12.6. The Balaban J connectivity index is 1.32. The molecule has 4 rings (SSSR count). The summed E-state index contributed by atoms with van der Waals surface area (Å²) in [5.74, 6) is -1.26. The predicted octanol–water partition coefficient (Wildman–Crippen LogP) is 1.64. The number of fused-ring (bicyclic) bond motifs is 1. The average molecular weight is 519 g/mol. The van der Waals surface area contributed by atoms with Crippen molar-refractivity contribution in [1.29, 1.82) is 0 Å². The first kappa shape index (κ1) is 24.9. The summed E-state index contributed by atoms with van der Waals surface area (Å²) in [6.45, 7) is -0.107. The van der Waals surface area contributed by atoms with Gasteiger partial charge in [0.15, 0.2) is 16.4 Å². The molecule has 2 aromatic rings. The second kappa shape index (κ2) is 9.82. The summed E-state index contributed by atoms with van der Waals surface area (Å²) >= 11 is 0. The van der Waals surface area contributed by atoms with Gasteiger partial charge in [-0.3, -0.25) is 9.10 Å². The molecule has 2 heterocycles. The number of sulfone groups is 1. The number of hydrogen-bond donors (Lipinski definition) is 0. The van der Waals surface area contributed by atoms with Crippen LogP contribution in [0.3, 0.4) is 0 Å². The van der Waals surface area contributed by atoms with Gasteiger partial charge in [-0.1, -0.05) is 30.3 Å². The molecule has 1 fully saturated rings. The van der Waals surface area contributed by atoms with Gasteiger partial charge >= 0.3 is 5.97 Å². The van der Waals surface area contributed by atoms with Crippen LogP contribution in [0.2, 0.25) is 0 Å². The molecule has 2 aliphatic rings. The van der Waals surface area contributed by atoms with Gasteiger partial charge < -0.3 is 9.64 Å². The molecule has 0 spiro atoms. The molecule has 0 aromatic heterocycles. The molecule has 1 saturated heterocycles. The maximum absolute atomic E-state index is 13.1. The van der Waals surface area contributed by atoms with Crippen molar-refractivity contribution in [2.75, 3.05) is 36.0 Å². The molecule has 1 atom stereocenters. The van der Waals surface area contributed by atoms with Crippen LogP contribution in [0.1, 0.15) is 17.5 Å². The quantitative estimate of drug-likeness (QED) is 0.404. The Hall–Kier alpha value is -3.18. The van der Waals surface area contributed by atoms with Crippen LogP contribution >= 0.6 is 0 Å². The van der Waals surface area contributed by atoms with Crippen molar-refractivity contribution >= 4 is 43.5 Å². The van der Waals surface area contributed by atoms with Crippen LogP contribution in [-0.4, -0.2) is 71.4 Å². The minimum absolute atomic E-state index is 0.0449. The molecule has 186 valence electrons.